The maximum atomic E-state index is 14.5. The van der Waals surface area contributed by atoms with Crippen molar-refractivity contribution in [1.29, 1.82) is 0 Å². The Labute approximate surface area is 443 Å². The second kappa shape index (κ2) is 25.5. The zero-order valence-corrected chi connectivity index (χ0v) is 43.3. The summed E-state index contributed by atoms with van der Waals surface area (Å²) < 4.78 is 0. The van der Waals surface area contributed by atoms with Crippen LogP contribution in [0.1, 0.15) is 96.5 Å². The van der Waals surface area contributed by atoms with Gasteiger partial charge in [0, 0.05) is 56.1 Å². The lowest BCUT2D eigenvalue weighted by Crippen LogP contribution is -2.60. The number of amides is 11. The van der Waals surface area contributed by atoms with E-state index in [1.165, 1.54) is 19.6 Å². The van der Waals surface area contributed by atoms with E-state index in [1.807, 2.05) is 18.2 Å². The fourth-order valence-corrected chi connectivity index (χ4v) is 11.1. The summed E-state index contributed by atoms with van der Waals surface area (Å²) in [4.78, 5) is 169. The topological polar surface area (TPSA) is 372 Å². The highest BCUT2D eigenvalue weighted by atomic mass is 16.4. The molecule has 26 heteroatoms. The summed E-state index contributed by atoms with van der Waals surface area (Å²) in [5, 5.41) is 36.1. The normalized spacial score (nSPS) is 23.1. The monoisotopic (exact) mass is 1070 g/mol. The summed E-state index contributed by atoms with van der Waals surface area (Å²) in [6.07, 6.45) is 4.33. The maximum absolute atomic E-state index is 14.5. The Kier molecular flexibility index (Phi) is 18.9. The SMILES string of the molecule is CC[C@H](C)[C@H](NC(=O)[C@H](CC(N)=O)NC(=O)[C@@H]1CCCN1C(=O)CNC(=O)[C@@H]1CCCN1C(=O)[C@H](Cc1c[nH]c2ccccc12)NC(=O)[C@H](CO)NC(=O)[C@@H]1CCC(=O)N1)C(=O)N1CCC[C@H]1C(=O)N1CCC[C@H]1C(=O)O. The van der Waals surface area contributed by atoms with Crippen LogP contribution in [-0.4, -0.2) is 199 Å². The predicted molar refractivity (Wildman–Crippen MR) is 271 cm³/mol. The number of nitrogens with zero attached hydrogens (tertiary/aromatic N) is 4. The molecule has 11 N–H and O–H groups in total. The van der Waals surface area contributed by atoms with Gasteiger partial charge in [0.2, 0.25) is 65.0 Å². The Morgan fingerprint density at radius 2 is 1.30 bits per heavy atom. The van der Waals surface area contributed by atoms with Crippen LogP contribution in [-0.2, 0) is 64.0 Å². The van der Waals surface area contributed by atoms with Crippen LogP contribution in [0.3, 0.4) is 0 Å². The Hall–Kier alpha value is -7.64. The molecule has 10 atom stereocenters. The number of nitrogens with one attached hydrogen (secondary N) is 7. The number of benzene rings is 1. The first-order valence-electron chi connectivity index (χ1n) is 26.5. The molecule has 7 rings (SSSR count). The van der Waals surface area contributed by atoms with E-state index in [2.05, 4.69) is 36.9 Å². The van der Waals surface area contributed by atoms with E-state index in [-0.39, 0.29) is 64.2 Å². The lowest BCUT2D eigenvalue weighted by molar-refractivity contribution is -0.152. The van der Waals surface area contributed by atoms with E-state index in [9.17, 15) is 67.7 Å². The molecule has 0 unspecified atom stereocenters. The zero-order valence-electron chi connectivity index (χ0n) is 43.3. The van der Waals surface area contributed by atoms with Crippen molar-refractivity contribution in [3.63, 3.8) is 0 Å². The standard InChI is InChI=1S/C51H70N12O14/c1-3-27(2)42(50(75)62-20-8-14-37(62)49(74)63-21-9-15-38(63)51(76)77)59-44(69)32(23-39(52)65)56-47(72)36-13-6-18-60(36)41(67)25-54-46(71)35-12-7-19-61(35)48(73)33(22-28-24-53-30-11-5-4-10-29(28)30)57-45(70)34(26-64)58-43(68)31-16-17-40(66)55-31/h4-5,10-11,24,27,31-38,42,53,64H,3,6-9,12-23,25-26H2,1-2H3,(H2,52,65)(H,54,71)(H,55,66)(H,56,72)(H,57,70)(H,58,68)(H,59,69)(H,76,77)/t27-,31-,32-,33-,34-,35-,36-,37-,38-,42-/m0/s1. The third-order valence-electron chi connectivity index (χ3n) is 15.4. The molecule has 0 bridgehead atoms. The highest BCUT2D eigenvalue weighted by Crippen LogP contribution is 2.28. The van der Waals surface area contributed by atoms with E-state index >= 15 is 0 Å². The molecule has 0 spiro atoms. The Morgan fingerprint density at radius 3 is 1.94 bits per heavy atom. The summed E-state index contributed by atoms with van der Waals surface area (Å²) in [7, 11) is 0. The number of carboxylic acids is 1. The lowest BCUT2D eigenvalue weighted by atomic mass is 9.96. The fraction of sp³-hybridized carbons (Fsp3) is 0.608. The van der Waals surface area contributed by atoms with Crippen LogP contribution in [0.4, 0.5) is 0 Å². The third-order valence-corrected chi connectivity index (χ3v) is 15.4. The van der Waals surface area contributed by atoms with Crippen molar-refractivity contribution in [2.75, 3.05) is 39.3 Å². The predicted octanol–water partition coefficient (Wildman–Crippen LogP) is -2.99. The number of H-pyrrole nitrogens is 1. The molecule has 5 fully saturated rings. The maximum Gasteiger partial charge on any atom is 0.326 e. The number of hydrogen-bond acceptors (Lipinski definition) is 13. The van der Waals surface area contributed by atoms with Gasteiger partial charge in [-0.1, -0.05) is 38.5 Å². The average Bonchev–Trinajstić information content (AvgIpc) is 4.29. The summed E-state index contributed by atoms with van der Waals surface area (Å²) in [5.74, 6) is -9.27. The quantitative estimate of drug-likeness (QED) is 0.0563. The molecule has 5 aliphatic rings. The highest BCUT2D eigenvalue weighted by molar-refractivity contribution is 6.00. The van der Waals surface area contributed by atoms with Gasteiger partial charge in [-0.05, 0) is 75.3 Å². The zero-order chi connectivity index (χ0) is 55.7. The molecule has 418 valence electrons. The van der Waals surface area contributed by atoms with Gasteiger partial charge in [0.1, 0.15) is 54.4 Å². The van der Waals surface area contributed by atoms with Crippen LogP contribution >= 0.6 is 0 Å². The fourth-order valence-electron chi connectivity index (χ4n) is 11.1. The van der Waals surface area contributed by atoms with Crippen molar-refractivity contribution >= 4 is 81.9 Å². The van der Waals surface area contributed by atoms with Crippen LogP contribution in [0.25, 0.3) is 10.9 Å². The number of para-hydroxylation sites is 1. The minimum absolute atomic E-state index is 0.0579. The minimum Gasteiger partial charge on any atom is -0.480 e. The van der Waals surface area contributed by atoms with Crippen molar-refractivity contribution in [1.82, 2.24) is 56.5 Å². The van der Waals surface area contributed by atoms with Gasteiger partial charge < -0.3 is 72.4 Å². The molecular formula is C51H70N12O14. The molecule has 0 radical (unpaired) electrons. The molecule has 1 aromatic carbocycles. The first-order chi connectivity index (χ1) is 36.8. The van der Waals surface area contributed by atoms with E-state index in [0.717, 1.165) is 10.9 Å². The number of carboxylic acid groups (broad SMARTS) is 1. The van der Waals surface area contributed by atoms with Crippen molar-refractivity contribution < 1.29 is 67.7 Å². The Morgan fingerprint density at radius 1 is 0.701 bits per heavy atom. The van der Waals surface area contributed by atoms with Gasteiger partial charge in [-0.2, -0.15) is 0 Å². The van der Waals surface area contributed by atoms with Crippen LogP contribution in [0.2, 0.25) is 0 Å². The molecule has 0 saturated carbocycles. The van der Waals surface area contributed by atoms with Crippen LogP contribution < -0.4 is 37.6 Å². The highest BCUT2D eigenvalue weighted by Gasteiger charge is 2.46. The number of carbonyl (C=O) groups is 12. The number of nitrogens with two attached hydrogens (primary N) is 1. The molecule has 0 aliphatic carbocycles. The van der Waals surface area contributed by atoms with E-state index in [0.29, 0.717) is 50.5 Å². The number of aliphatic hydroxyl groups is 1. The van der Waals surface area contributed by atoms with Gasteiger partial charge in [-0.15, -0.1) is 0 Å². The number of rotatable bonds is 22. The molecule has 77 heavy (non-hydrogen) atoms. The van der Waals surface area contributed by atoms with Crippen molar-refractivity contribution in [3.05, 3.63) is 36.0 Å². The smallest absolute Gasteiger partial charge is 0.326 e. The van der Waals surface area contributed by atoms with E-state index in [1.54, 1.807) is 26.1 Å². The van der Waals surface area contributed by atoms with Crippen molar-refractivity contribution in [2.45, 2.75) is 152 Å². The van der Waals surface area contributed by atoms with E-state index < -0.39 is 145 Å². The first-order valence-corrected chi connectivity index (χ1v) is 26.5. The second-order valence-corrected chi connectivity index (χ2v) is 20.5. The molecule has 11 amide bonds. The molecule has 5 aliphatic heterocycles. The largest absolute Gasteiger partial charge is 0.480 e. The molecule has 2 aromatic rings. The number of aromatic amines is 1. The van der Waals surface area contributed by atoms with Crippen molar-refractivity contribution in [3.8, 4) is 0 Å². The Bertz CT molecular complexity index is 2630. The summed E-state index contributed by atoms with van der Waals surface area (Å²) in [6.45, 7) is 2.71. The number of aliphatic carboxylic acids is 1. The van der Waals surface area contributed by atoms with Crippen LogP contribution in [0, 0.1) is 5.92 Å². The number of fused-ring (bicyclic) bond motifs is 1. The number of aliphatic hydroxyl groups excluding tert-OH is 1. The van der Waals surface area contributed by atoms with Gasteiger partial charge in [0.05, 0.1) is 19.6 Å². The number of likely N-dealkylation sites (tertiary alicyclic amines) is 4. The number of carbonyl (C=O) groups excluding carboxylic acids is 11. The minimum atomic E-state index is -1.58. The number of hydrogen-bond donors (Lipinski definition) is 10. The first kappa shape index (κ1) is 57.1. The second-order valence-electron chi connectivity index (χ2n) is 20.5. The average molecular weight is 1080 g/mol. The van der Waals surface area contributed by atoms with Crippen LogP contribution in [0.15, 0.2) is 30.5 Å². The van der Waals surface area contributed by atoms with Gasteiger partial charge in [0.25, 0.3) is 0 Å². The molecular weight excluding hydrogens is 1000 g/mol. The molecule has 5 saturated heterocycles. The molecule has 1 aromatic heterocycles. The summed E-state index contributed by atoms with van der Waals surface area (Å²) in [5.41, 5.74) is 6.95. The Balaban J connectivity index is 0.979. The number of aromatic nitrogens is 1. The van der Waals surface area contributed by atoms with Gasteiger partial charge in [-0.3, -0.25) is 52.7 Å². The van der Waals surface area contributed by atoms with Gasteiger partial charge in [-0.25, -0.2) is 4.79 Å². The van der Waals surface area contributed by atoms with Crippen molar-refractivity contribution in [2.24, 2.45) is 11.7 Å². The lowest BCUT2D eigenvalue weighted by Gasteiger charge is -2.34. The molecule has 6 heterocycles. The third kappa shape index (κ3) is 13.3. The molecule has 26 nitrogen and oxygen atoms in total. The van der Waals surface area contributed by atoms with Crippen LogP contribution in [0.5, 0.6) is 0 Å². The summed E-state index contributed by atoms with van der Waals surface area (Å²) >= 11 is 0. The van der Waals surface area contributed by atoms with E-state index in [4.69, 9.17) is 5.73 Å². The van der Waals surface area contributed by atoms with Gasteiger partial charge in [0.15, 0.2) is 0 Å². The van der Waals surface area contributed by atoms with Gasteiger partial charge >= 0.3 is 5.97 Å². The number of primary amides is 1. The summed E-state index contributed by atoms with van der Waals surface area (Å²) in [6, 6.07) is -3.40.